The van der Waals surface area contributed by atoms with E-state index in [1.165, 1.54) is 25.0 Å². The number of hydrogen-bond acceptors (Lipinski definition) is 3. The number of hydrogen-bond donors (Lipinski definition) is 1. The molecule has 0 aromatic heterocycles. The van der Waals surface area contributed by atoms with Crippen LogP contribution in [0.4, 0.5) is 4.39 Å². The van der Waals surface area contributed by atoms with E-state index in [1.807, 2.05) is 13.0 Å². The fourth-order valence-electron chi connectivity index (χ4n) is 3.76. The molecule has 1 N–H and O–H groups in total. The summed E-state index contributed by atoms with van der Waals surface area (Å²) in [6.07, 6.45) is 3.75. The van der Waals surface area contributed by atoms with Crippen molar-refractivity contribution in [3.63, 3.8) is 0 Å². The van der Waals surface area contributed by atoms with Gasteiger partial charge in [0.2, 0.25) is 5.91 Å². The van der Waals surface area contributed by atoms with Gasteiger partial charge in [0.1, 0.15) is 5.82 Å². The normalized spacial score (nSPS) is 25.2. The number of morpholine rings is 1. The van der Waals surface area contributed by atoms with Crippen molar-refractivity contribution in [1.29, 1.82) is 0 Å². The van der Waals surface area contributed by atoms with E-state index in [2.05, 4.69) is 10.2 Å². The summed E-state index contributed by atoms with van der Waals surface area (Å²) in [5.74, 6) is 0.00639. The predicted octanol–water partition coefficient (Wildman–Crippen LogP) is 2.37. The van der Waals surface area contributed by atoms with E-state index in [0.717, 1.165) is 25.3 Å². The smallest absolute Gasteiger partial charge is 0.220 e. The van der Waals surface area contributed by atoms with Gasteiger partial charge in [-0.15, -0.1) is 0 Å². The second kappa shape index (κ2) is 8.08. The van der Waals surface area contributed by atoms with Crippen LogP contribution < -0.4 is 5.32 Å². The minimum Gasteiger partial charge on any atom is -0.373 e. The van der Waals surface area contributed by atoms with Gasteiger partial charge in [0.05, 0.1) is 12.7 Å². The van der Waals surface area contributed by atoms with Crippen molar-refractivity contribution in [3.8, 4) is 0 Å². The van der Waals surface area contributed by atoms with Crippen LogP contribution in [-0.4, -0.2) is 49.2 Å². The third kappa shape index (κ3) is 4.77. The first kappa shape index (κ1) is 17.4. The Morgan fingerprint density at radius 1 is 1.50 bits per heavy atom. The maximum atomic E-state index is 13.2. The minimum absolute atomic E-state index is 0.0473. The molecule has 0 unspecified atom stereocenters. The molecule has 2 aliphatic heterocycles. The average molecular weight is 334 g/mol. The summed E-state index contributed by atoms with van der Waals surface area (Å²) in [5, 5.41) is 3.00. The van der Waals surface area contributed by atoms with Crippen molar-refractivity contribution >= 4 is 5.91 Å². The maximum absolute atomic E-state index is 13.2. The number of nitrogens with one attached hydrogen (secondary N) is 1. The molecule has 0 saturated carbocycles. The van der Waals surface area contributed by atoms with Crippen LogP contribution >= 0.6 is 0 Å². The maximum Gasteiger partial charge on any atom is 0.220 e. The monoisotopic (exact) mass is 334 g/mol. The summed E-state index contributed by atoms with van der Waals surface area (Å²) in [7, 11) is 0. The first-order valence-corrected chi connectivity index (χ1v) is 8.97. The number of amides is 1. The second-order valence-electron chi connectivity index (χ2n) is 7.19. The van der Waals surface area contributed by atoms with E-state index >= 15 is 0 Å². The van der Waals surface area contributed by atoms with Gasteiger partial charge in [-0.05, 0) is 49.4 Å². The van der Waals surface area contributed by atoms with Gasteiger partial charge < -0.3 is 10.1 Å². The van der Waals surface area contributed by atoms with E-state index in [1.54, 1.807) is 6.07 Å². The fraction of sp³-hybridized carbons (Fsp3) is 0.632. The molecule has 4 nitrogen and oxygen atoms in total. The van der Waals surface area contributed by atoms with Crippen molar-refractivity contribution < 1.29 is 13.9 Å². The van der Waals surface area contributed by atoms with Gasteiger partial charge in [-0.2, -0.15) is 0 Å². The van der Waals surface area contributed by atoms with Crippen LogP contribution in [0, 0.1) is 11.7 Å². The highest BCUT2D eigenvalue weighted by atomic mass is 19.1. The molecule has 1 aromatic carbocycles. The molecule has 5 heteroatoms. The highest BCUT2D eigenvalue weighted by Gasteiger charge is 2.32. The van der Waals surface area contributed by atoms with Gasteiger partial charge in [0.25, 0.3) is 0 Å². The summed E-state index contributed by atoms with van der Waals surface area (Å²) in [6, 6.07) is 7.18. The summed E-state index contributed by atoms with van der Waals surface area (Å²) in [4.78, 5) is 14.6. The topological polar surface area (TPSA) is 41.6 Å². The fourth-order valence-corrected chi connectivity index (χ4v) is 3.76. The zero-order valence-corrected chi connectivity index (χ0v) is 14.3. The van der Waals surface area contributed by atoms with Crippen LogP contribution in [0.5, 0.6) is 0 Å². The number of fused-ring (bicyclic) bond motifs is 1. The Labute approximate surface area is 143 Å². The predicted molar refractivity (Wildman–Crippen MR) is 91.2 cm³/mol. The van der Waals surface area contributed by atoms with Gasteiger partial charge in [-0.25, -0.2) is 4.39 Å². The zero-order valence-electron chi connectivity index (χ0n) is 14.3. The second-order valence-corrected chi connectivity index (χ2v) is 7.19. The van der Waals surface area contributed by atoms with E-state index in [-0.39, 0.29) is 23.7 Å². The van der Waals surface area contributed by atoms with E-state index in [0.29, 0.717) is 25.4 Å². The molecule has 3 rings (SSSR count). The molecule has 24 heavy (non-hydrogen) atoms. The summed E-state index contributed by atoms with van der Waals surface area (Å²) < 4.78 is 19.1. The van der Waals surface area contributed by atoms with Crippen LogP contribution in [0.1, 0.15) is 31.7 Å². The first-order chi connectivity index (χ1) is 11.6. The van der Waals surface area contributed by atoms with E-state index in [4.69, 9.17) is 4.74 Å². The lowest BCUT2D eigenvalue weighted by molar-refractivity contribution is -0.123. The van der Waals surface area contributed by atoms with Crippen LogP contribution in [0.25, 0.3) is 0 Å². The largest absolute Gasteiger partial charge is 0.373 e. The van der Waals surface area contributed by atoms with Gasteiger partial charge >= 0.3 is 0 Å². The molecule has 1 aromatic rings. The lowest BCUT2D eigenvalue weighted by Crippen LogP contribution is -2.50. The van der Waals surface area contributed by atoms with E-state index < -0.39 is 0 Å². The molecular weight excluding hydrogens is 307 g/mol. The molecular formula is C19H27FN2O2. The third-order valence-corrected chi connectivity index (χ3v) is 5.00. The Morgan fingerprint density at radius 2 is 2.38 bits per heavy atom. The zero-order chi connectivity index (χ0) is 16.9. The quantitative estimate of drug-likeness (QED) is 0.868. The standard InChI is InChI=1S/C19H27FN2O2/c1-14(8-15-4-2-5-16(20)10-15)9-19(23)21-11-18-12-22-7-3-6-17(22)13-24-18/h2,4-5,10,14,17-18H,3,6-9,11-13H2,1H3,(H,21,23)/t14-,17+,18-/m0/s1. The van der Waals surface area contributed by atoms with Gasteiger partial charge in [-0.1, -0.05) is 19.1 Å². The lowest BCUT2D eigenvalue weighted by Gasteiger charge is -2.35. The Bertz CT molecular complexity index is 566. The Hall–Kier alpha value is -1.46. The Balaban J connectivity index is 1.37. The molecule has 0 bridgehead atoms. The number of ether oxygens (including phenoxy) is 1. The highest BCUT2D eigenvalue weighted by Crippen LogP contribution is 2.22. The summed E-state index contributed by atoms with van der Waals surface area (Å²) >= 11 is 0. The average Bonchev–Trinajstić information content (AvgIpc) is 3.00. The molecule has 0 aliphatic carbocycles. The number of benzene rings is 1. The van der Waals surface area contributed by atoms with Gasteiger partial charge in [0.15, 0.2) is 0 Å². The number of nitrogens with zero attached hydrogens (tertiary/aromatic N) is 1. The molecule has 0 spiro atoms. The molecule has 2 fully saturated rings. The summed E-state index contributed by atoms with van der Waals surface area (Å²) in [5.41, 5.74) is 0.936. The van der Waals surface area contributed by atoms with Crippen LogP contribution in [0.3, 0.4) is 0 Å². The number of halogens is 1. The molecule has 2 heterocycles. The SMILES string of the molecule is C[C@H](CC(=O)NC[C@H]1CN2CCC[C@@H]2CO1)Cc1cccc(F)c1. The number of rotatable bonds is 6. The van der Waals surface area contributed by atoms with Crippen LogP contribution in [-0.2, 0) is 16.0 Å². The van der Waals surface area contributed by atoms with E-state index in [9.17, 15) is 9.18 Å². The van der Waals surface area contributed by atoms with Crippen molar-refractivity contribution in [2.45, 2.75) is 44.8 Å². The third-order valence-electron chi connectivity index (χ3n) is 5.00. The molecule has 2 saturated heterocycles. The van der Waals surface area contributed by atoms with Crippen LogP contribution in [0.15, 0.2) is 24.3 Å². The van der Waals surface area contributed by atoms with Gasteiger partial charge in [0, 0.05) is 25.6 Å². The van der Waals surface area contributed by atoms with Crippen molar-refractivity contribution in [3.05, 3.63) is 35.6 Å². The van der Waals surface area contributed by atoms with Crippen molar-refractivity contribution in [2.24, 2.45) is 5.92 Å². The number of carbonyl (C=O) groups excluding carboxylic acids is 1. The van der Waals surface area contributed by atoms with Crippen LogP contribution in [0.2, 0.25) is 0 Å². The highest BCUT2D eigenvalue weighted by molar-refractivity contribution is 5.76. The number of carbonyl (C=O) groups is 1. The van der Waals surface area contributed by atoms with Crippen molar-refractivity contribution in [2.75, 3.05) is 26.2 Å². The Kier molecular flexibility index (Phi) is 5.85. The van der Waals surface area contributed by atoms with Crippen molar-refractivity contribution in [1.82, 2.24) is 10.2 Å². The molecule has 132 valence electrons. The molecule has 0 radical (unpaired) electrons. The Morgan fingerprint density at radius 3 is 3.21 bits per heavy atom. The minimum atomic E-state index is -0.223. The first-order valence-electron chi connectivity index (χ1n) is 8.97. The lowest BCUT2D eigenvalue weighted by atomic mass is 9.97. The molecule has 2 aliphatic rings. The summed E-state index contributed by atoms with van der Waals surface area (Å²) in [6.45, 7) is 5.47. The molecule has 1 amide bonds. The molecule has 3 atom stereocenters. The van der Waals surface area contributed by atoms with Gasteiger partial charge in [-0.3, -0.25) is 9.69 Å².